The largest absolute Gasteiger partial charge is 0.456 e. The second-order valence-corrected chi connectivity index (χ2v) is 12.9. The van der Waals surface area contributed by atoms with Crippen LogP contribution < -0.4 is 4.74 Å². The summed E-state index contributed by atoms with van der Waals surface area (Å²) >= 11 is 0. The third-order valence-electron chi connectivity index (χ3n) is 10.3. The van der Waals surface area contributed by atoms with Gasteiger partial charge in [0.25, 0.3) is 0 Å². The van der Waals surface area contributed by atoms with Crippen molar-refractivity contribution < 1.29 is 9.15 Å². The number of rotatable bonds is 2. The van der Waals surface area contributed by atoms with Gasteiger partial charge in [-0.05, 0) is 60.7 Å². The van der Waals surface area contributed by atoms with Crippen molar-refractivity contribution in [2.45, 2.75) is 0 Å². The van der Waals surface area contributed by atoms with E-state index in [1.807, 2.05) is 48.5 Å². The SMILES string of the molecule is c1ccc(-n2c3ccccc3c3c2ccc2c4ccc5c6ccccc6oc5c4n(-c4nc5c6c(cccc6n4)Oc4ccccc4-5)c23)cc1. The Morgan fingerprint density at radius 1 is 0.460 bits per heavy atom. The van der Waals surface area contributed by atoms with Crippen LogP contribution in [0.2, 0.25) is 0 Å². The number of benzene rings is 7. The third kappa shape index (κ3) is 3.27. The molecule has 0 N–H and O–H groups in total. The van der Waals surface area contributed by atoms with Crippen LogP contribution in [0, 0.1) is 0 Å². The van der Waals surface area contributed by atoms with E-state index >= 15 is 0 Å². The molecule has 0 spiro atoms. The minimum atomic E-state index is 0.582. The van der Waals surface area contributed by atoms with Crippen molar-refractivity contribution in [3.8, 4) is 34.4 Å². The summed E-state index contributed by atoms with van der Waals surface area (Å²) in [7, 11) is 0. The van der Waals surface area contributed by atoms with Crippen molar-refractivity contribution in [2.75, 3.05) is 0 Å². The third-order valence-corrected chi connectivity index (χ3v) is 10.3. The molecule has 0 bridgehead atoms. The zero-order valence-electron chi connectivity index (χ0n) is 26.5. The monoisotopic (exact) mass is 640 g/mol. The predicted octanol–water partition coefficient (Wildman–Crippen LogP) is 11.5. The summed E-state index contributed by atoms with van der Waals surface area (Å²) in [5.41, 5.74) is 9.62. The summed E-state index contributed by atoms with van der Waals surface area (Å²) in [5.74, 6) is 2.13. The Morgan fingerprint density at radius 2 is 1.20 bits per heavy atom. The van der Waals surface area contributed by atoms with Crippen LogP contribution in [0.4, 0.5) is 0 Å². The van der Waals surface area contributed by atoms with E-state index in [4.69, 9.17) is 19.1 Å². The molecule has 1 aliphatic heterocycles. The summed E-state index contributed by atoms with van der Waals surface area (Å²) in [6.45, 7) is 0. The van der Waals surface area contributed by atoms with Crippen LogP contribution in [0.25, 0.3) is 99.3 Å². The zero-order valence-corrected chi connectivity index (χ0v) is 26.5. The molecule has 6 heteroatoms. The Morgan fingerprint density at radius 3 is 2.14 bits per heavy atom. The molecule has 50 heavy (non-hydrogen) atoms. The zero-order chi connectivity index (χ0) is 32.5. The first-order chi connectivity index (χ1) is 24.8. The number of hydrogen-bond acceptors (Lipinski definition) is 4. The maximum Gasteiger partial charge on any atom is 0.235 e. The van der Waals surface area contributed by atoms with Gasteiger partial charge in [0, 0.05) is 43.6 Å². The lowest BCUT2D eigenvalue weighted by atomic mass is 10.0. The van der Waals surface area contributed by atoms with E-state index in [0.717, 1.165) is 105 Å². The smallest absolute Gasteiger partial charge is 0.235 e. The number of furan rings is 1. The highest BCUT2D eigenvalue weighted by molar-refractivity contribution is 6.29. The molecular weight excluding hydrogens is 617 g/mol. The first-order valence-electron chi connectivity index (χ1n) is 16.8. The van der Waals surface area contributed by atoms with E-state index in [-0.39, 0.29) is 0 Å². The average molecular weight is 641 g/mol. The second kappa shape index (κ2) is 9.36. The molecule has 6 nitrogen and oxygen atoms in total. The van der Waals surface area contributed by atoms with E-state index in [1.165, 1.54) is 0 Å². The molecule has 0 unspecified atom stereocenters. The maximum absolute atomic E-state index is 6.76. The molecular formula is C44H24N4O2. The molecule has 0 aliphatic carbocycles. The van der Waals surface area contributed by atoms with Crippen LogP contribution in [-0.4, -0.2) is 19.1 Å². The molecule has 11 aromatic rings. The van der Waals surface area contributed by atoms with Crippen LogP contribution in [0.3, 0.4) is 0 Å². The summed E-state index contributed by atoms with van der Waals surface area (Å²) < 4.78 is 17.7. The number of aromatic nitrogens is 4. The fraction of sp³-hybridized carbons (Fsp3) is 0. The normalized spacial score (nSPS) is 12.6. The van der Waals surface area contributed by atoms with E-state index in [2.05, 4.69) is 106 Å². The first kappa shape index (κ1) is 26.1. The summed E-state index contributed by atoms with van der Waals surface area (Å²) in [4.78, 5) is 10.8. The quantitative estimate of drug-likeness (QED) is 0.189. The molecule has 1 aliphatic rings. The molecule has 4 aromatic heterocycles. The Kier molecular flexibility index (Phi) is 4.89. The second-order valence-electron chi connectivity index (χ2n) is 12.9. The van der Waals surface area contributed by atoms with Gasteiger partial charge in [-0.2, -0.15) is 0 Å². The van der Waals surface area contributed by atoms with Crippen LogP contribution in [-0.2, 0) is 0 Å². The number of fused-ring (bicyclic) bond motifs is 13. The van der Waals surface area contributed by atoms with Crippen LogP contribution >= 0.6 is 0 Å². The fourth-order valence-corrected chi connectivity index (χ4v) is 8.26. The van der Waals surface area contributed by atoms with Gasteiger partial charge < -0.3 is 13.7 Å². The highest BCUT2D eigenvalue weighted by Crippen LogP contribution is 2.48. The minimum absolute atomic E-state index is 0.582. The Balaban J connectivity index is 1.33. The Labute approximate surface area is 284 Å². The van der Waals surface area contributed by atoms with E-state index in [9.17, 15) is 0 Å². The van der Waals surface area contributed by atoms with Crippen molar-refractivity contribution >= 4 is 76.5 Å². The lowest BCUT2D eigenvalue weighted by molar-refractivity contribution is 0.486. The molecule has 232 valence electrons. The number of ether oxygens (including phenoxy) is 1. The Bertz CT molecular complexity index is 3240. The standard InChI is InChI=1S/C44H24N4O2/c1-2-11-25(12-3-1)47-33-17-7-4-14-30(33)38-34(47)24-23-27-28-21-22-29-26-13-5-8-18-35(26)50-43(29)42(28)48(41(27)38)44-45-32-16-10-20-37-39(32)40(46-44)31-15-6-9-19-36(31)49-37/h1-24H. The Hall–Kier alpha value is -6.92. The molecule has 0 atom stereocenters. The van der Waals surface area contributed by atoms with Crippen LogP contribution in [0.15, 0.2) is 150 Å². The van der Waals surface area contributed by atoms with Gasteiger partial charge in [-0.3, -0.25) is 4.57 Å². The number of hydrogen-bond donors (Lipinski definition) is 0. The average Bonchev–Trinajstić information content (AvgIpc) is 3.83. The van der Waals surface area contributed by atoms with Gasteiger partial charge in [-0.25, -0.2) is 9.97 Å². The molecule has 12 rings (SSSR count). The molecule has 0 radical (unpaired) electrons. The van der Waals surface area contributed by atoms with Crippen molar-refractivity contribution in [1.29, 1.82) is 0 Å². The topological polar surface area (TPSA) is 58.0 Å². The van der Waals surface area contributed by atoms with E-state index < -0.39 is 0 Å². The number of para-hydroxylation sites is 4. The molecule has 5 heterocycles. The highest BCUT2D eigenvalue weighted by Gasteiger charge is 2.28. The van der Waals surface area contributed by atoms with Crippen LogP contribution in [0.5, 0.6) is 11.5 Å². The first-order valence-corrected chi connectivity index (χ1v) is 16.8. The van der Waals surface area contributed by atoms with Crippen molar-refractivity contribution in [2.24, 2.45) is 0 Å². The highest BCUT2D eigenvalue weighted by atomic mass is 16.5. The summed E-state index contributed by atoms with van der Waals surface area (Å²) in [5, 5.41) is 7.54. The predicted molar refractivity (Wildman–Crippen MR) is 201 cm³/mol. The minimum Gasteiger partial charge on any atom is -0.456 e. The van der Waals surface area contributed by atoms with E-state index in [0.29, 0.717) is 5.95 Å². The van der Waals surface area contributed by atoms with Gasteiger partial charge in [0.05, 0.1) is 33.1 Å². The van der Waals surface area contributed by atoms with E-state index in [1.54, 1.807) is 0 Å². The van der Waals surface area contributed by atoms with Crippen molar-refractivity contribution in [1.82, 2.24) is 19.1 Å². The fourth-order valence-electron chi connectivity index (χ4n) is 8.26. The van der Waals surface area contributed by atoms with Gasteiger partial charge in [0.15, 0.2) is 5.58 Å². The van der Waals surface area contributed by atoms with Gasteiger partial charge in [-0.1, -0.05) is 84.9 Å². The molecule has 0 saturated heterocycles. The maximum atomic E-state index is 6.76. The van der Waals surface area contributed by atoms with Gasteiger partial charge in [-0.15, -0.1) is 0 Å². The molecule has 7 aromatic carbocycles. The number of nitrogens with zero attached hydrogens (tertiary/aromatic N) is 4. The van der Waals surface area contributed by atoms with Crippen molar-refractivity contribution in [3.05, 3.63) is 146 Å². The van der Waals surface area contributed by atoms with Gasteiger partial charge in [0.2, 0.25) is 5.95 Å². The van der Waals surface area contributed by atoms with Crippen LogP contribution in [0.1, 0.15) is 0 Å². The van der Waals surface area contributed by atoms with Crippen molar-refractivity contribution in [3.63, 3.8) is 0 Å². The lowest BCUT2D eigenvalue weighted by Gasteiger charge is -2.21. The molecule has 0 amide bonds. The summed E-state index contributed by atoms with van der Waals surface area (Å²) in [6.07, 6.45) is 0. The summed E-state index contributed by atoms with van der Waals surface area (Å²) in [6, 6.07) is 50.5. The molecule has 0 saturated carbocycles. The molecule has 0 fully saturated rings. The van der Waals surface area contributed by atoms with Gasteiger partial charge in [0.1, 0.15) is 22.6 Å². The van der Waals surface area contributed by atoms with Gasteiger partial charge >= 0.3 is 0 Å². The lowest BCUT2D eigenvalue weighted by Crippen LogP contribution is -2.06.